The Labute approximate surface area is 348 Å². The lowest BCUT2D eigenvalue weighted by Crippen LogP contribution is -2.17. The topological polar surface area (TPSA) is 136 Å². The van der Waals surface area contributed by atoms with Crippen molar-refractivity contribution >= 4 is 23.9 Å². The molecule has 0 aliphatic carbocycles. The zero-order valence-corrected chi connectivity index (χ0v) is 36.7. The molecule has 0 aliphatic heterocycles. The second-order valence-corrected chi connectivity index (χ2v) is 15.9. The zero-order valence-electron chi connectivity index (χ0n) is 36.7. The van der Waals surface area contributed by atoms with Gasteiger partial charge in [0.15, 0.2) is 0 Å². The first kappa shape index (κ1) is 54.3. The molecule has 2 N–H and O–H groups in total. The van der Waals surface area contributed by atoms with Crippen LogP contribution in [-0.2, 0) is 33.4 Å². The predicted molar refractivity (Wildman–Crippen MR) is 232 cm³/mol. The SMILES string of the molecule is CCCCCCC(O)C/C=C/CCCCCCCC(=O)OCCCCCC(=O)OC(C/C=C/CCCCCCCC(=O)OCCCCCC(=O)O)CCCCCC. The molecule has 0 spiro atoms. The number of esters is 3. The lowest BCUT2D eigenvalue weighted by molar-refractivity contribution is -0.150. The molecule has 9 heteroatoms. The van der Waals surface area contributed by atoms with Gasteiger partial charge in [0, 0.05) is 32.1 Å². The summed E-state index contributed by atoms with van der Waals surface area (Å²) in [5.74, 6) is -1.21. The Bertz CT molecular complexity index is 1010. The molecule has 2 unspecified atom stereocenters. The van der Waals surface area contributed by atoms with Crippen LogP contribution in [0.2, 0.25) is 0 Å². The summed E-state index contributed by atoms with van der Waals surface area (Å²) in [6.45, 7) is 5.18. The number of aliphatic hydroxyl groups is 1. The number of rotatable bonds is 43. The van der Waals surface area contributed by atoms with Gasteiger partial charge in [-0.15, -0.1) is 0 Å². The van der Waals surface area contributed by atoms with E-state index in [1.54, 1.807) is 0 Å². The number of hydrogen-bond acceptors (Lipinski definition) is 8. The summed E-state index contributed by atoms with van der Waals surface area (Å²) in [6.07, 6.45) is 39.5. The van der Waals surface area contributed by atoms with Crippen LogP contribution in [0.3, 0.4) is 0 Å². The third-order valence-corrected chi connectivity index (χ3v) is 10.3. The van der Waals surface area contributed by atoms with E-state index in [-0.39, 0.29) is 36.5 Å². The smallest absolute Gasteiger partial charge is 0.306 e. The number of carboxylic acids is 1. The molecule has 0 aromatic heterocycles. The van der Waals surface area contributed by atoms with E-state index < -0.39 is 5.97 Å². The lowest BCUT2D eigenvalue weighted by atomic mass is 10.1. The zero-order chi connectivity index (χ0) is 41.9. The maximum Gasteiger partial charge on any atom is 0.306 e. The molecule has 2 atom stereocenters. The molecule has 0 amide bonds. The van der Waals surface area contributed by atoms with Crippen LogP contribution in [0.4, 0.5) is 0 Å². The van der Waals surface area contributed by atoms with Gasteiger partial charge in [0.25, 0.3) is 0 Å². The Balaban J connectivity index is 3.92. The maximum absolute atomic E-state index is 12.6. The van der Waals surface area contributed by atoms with Crippen LogP contribution in [0, 0.1) is 0 Å². The fraction of sp³-hybridized carbons (Fsp3) is 0.833. The minimum absolute atomic E-state index is 0.0809. The molecule has 0 rings (SSSR count). The molecule has 0 saturated heterocycles. The summed E-state index contributed by atoms with van der Waals surface area (Å²) in [6, 6.07) is 0. The number of carboxylic acid groups (broad SMARTS) is 1. The molecule has 57 heavy (non-hydrogen) atoms. The van der Waals surface area contributed by atoms with Crippen LogP contribution < -0.4 is 0 Å². The van der Waals surface area contributed by atoms with Gasteiger partial charge in [-0.3, -0.25) is 19.2 Å². The van der Waals surface area contributed by atoms with Crippen molar-refractivity contribution < 1.29 is 43.6 Å². The van der Waals surface area contributed by atoms with E-state index >= 15 is 0 Å². The number of carbonyl (C=O) groups excluding carboxylic acids is 3. The Morgan fingerprint density at radius 1 is 0.456 bits per heavy atom. The van der Waals surface area contributed by atoms with Gasteiger partial charge < -0.3 is 24.4 Å². The van der Waals surface area contributed by atoms with E-state index in [9.17, 15) is 24.3 Å². The molecule has 9 nitrogen and oxygen atoms in total. The highest BCUT2D eigenvalue weighted by molar-refractivity contribution is 5.70. The fourth-order valence-electron chi connectivity index (χ4n) is 6.67. The molecule has 0 aliphatic rings. The first-order valence-corrected chi connectivity index (χ1v) is 23.5. The van der Waals surface area contributed by atoms with Crippen LogP contribution in [0.5, 0.6) is 0 Å². The molecular weight excluding hydrogens is 721 g/mol. The Morgan fingerprint density at radius 3 is 1.40 bits per heavy atom. The molecule has 0 bridgehead atoms. The largest absolute Gasteiger partial charge is 0.481 e. The predicted octanol–water partition coefficient (Wildman–Crippen LogP) is 12.8. The standard InChI is InChI=1S/C48H86O9/c1-3-5-7-23-33-43(49)34-24-17-13-9-11-15-19-28-39-47(53)56-42-32-22-30-40-48(54)57-44(35-25-8-6-4-2)36-26-18-14-10-12-16-20-29-38-46(52)55-41-31-21-27-37-45(50)51/h17-18,24,26,43-44,49H,3-16,19-23,25,27-42H2,1-2H3,(H,50,51)/b24-17+,26-18+. The number of carbonyl (C=O) groups is 4. The second-order valence-electron chi connectivity index (χ2n) is 15.9. The van der Waals surface area contributed by atoms with Gasteiger partial charge >= 0.3 is 23.9 Å². The van der Waals surface area contributed by atoms with Gasteiger partial charge in [-0.25, -0.2) is 0 Å². The molecule has 0 radical (unpaired) electrons. The number of aliphatic carboxylic acids is 1. The summed E-state index contributed by atoms with van der Waals surface area (Å²) < 4.78 is 16.5. The normalized spacial score (nSPS) is 12.6. The molecule has 0 aromatic rings. The van der Waals surface area contributed by atoms with E-state index in [0.29, 0.717) is 45.3 Å². The van der Waals surface area contributed by atoms with Crippen molar-refractivity contribution in [3.05, 3.63) is 24.3 Å². The van der Waals surface area contributed by atoms with Crippen LogP contribution in [0.25, 0.3) is 0 Å². The summed E-state index contributed by atoms with van der Waals surface area (Å²) in [5, 5.41) is 18.7. The molecule has 0 fully saturated rings. The highest BCUT2D eigenvalue weighted by atomic mass is 16.5. The number of unbranched alkanes of at least 4 members (excludes halogenated alkanes) is 20. The summed E-state index contributed by atoms with van der Waals surface area (Å²) in [7, 11) is 0. The molecule has 0 saturated carbocycles. The van der Waals surface area contributed by atoms with Gasteiger partial charge in [-0.05, 0) is 103 Å². The van der Waals surface area contributed by atoms with Crippen molar-refractivity contribution in [2.24, 2.45) is 0 Å². The minimum Gasteiger partial charge on any atom is -0.481 e. The maximum atomic E-state index is 12.6. The first-order valence-electron chi connectivity index (χ1n) is 23.5. The Hall–Kier alpha value is -2.68. The van der Waals surface area contributed by atoms with Crippen molar-refractivity contribution in [3.63, 3.8) is 0 Å². The van der Waals surface area contributed by atoms with Crippen LogP contribution in [0.1, 0.15) is 232 Å². The van der Waals surface area contributed by atoms with Gasteiger partial charge in [0.1, 0.15) is 6.10 Å². The third kappa shape index (κ3) is 42.7. The van der Waals surface area contributed by atoms with Crippen LogP contribution in [-0.4, -0.2) is 59.5 Å². The number of allylic oxidation sites excluding steroid dienone is 2. The van der Waals surface area contributed by atoms with Crippen molar-refractivity contribution in [3.8, 4) is 0 Å². The van der Waals surface area contributed by atoms with E-state index in [2.05, 4.69) is 38.2 Å². The van der Waals surface area contributed by atoms with E-state index in [1.807, 2.05) is 0 Å². The van der Waals surface area contributed by atoms with Gasteiger partial charge in [0.05, 0.1) is 19.3 Å². The summed E-state index contributed by atoms with van der Waals surface area (Å²) in [5.41, 5.74) is 0. The van der Waals surface area contributed by atoms with Crippen molar-refractivity contribution in [2.75, 3.05) is 13.2 Å². The number of aliphatic hydroxyl groups excluding tert-OH is 1. The van der Waals surface area contributed by atoms with Gasteiger partial charge in [-0.1, -0.05) is 122 Å². The average molecular weight is 807 g/mol. The monoisotopic (exact) mass is 807 g/mol. The molecule has 332 valence electrons. The molecular formula is C48H86O9. The highest BCUT2D eigenvalue weighted by Crippen LogP contribution is 2.16. The van der Waals surface area contributed by atoms with E-state index in [1.165, 1.54) is 32.1 Å². The van der Waals surface area contributed by atoms with Gasteiger partial charge in [0.2, 0.25) is 0 Å². The quantitative estimate of drug-likeness (QED) is 0.0267. The first-order chi connectivity index (χ1) is 27.8. The fourth-order valence-corrected chi connectivity index (χ4v) is 6.67. The lowest BCUT2D eigenvalue weighted by Gasteiger charge is -2.16. The highest BCUT2D eigenvalue weighted by Gasteiger charge is 2.13. The van der Waals surface area contributed by atoms with Crippen molar-refractivity contribution in [1.29, 1.82) is 0 Å². The number of hydrogen-bond donors (Lipinski definition) is 2. The summed E-state index contributed by atoms with van der Waals surface area (Å²) >= 11 is 0. The van der Waals surface area contributed by atoms with Crippen LogP contribution >= 0.6 is 0 Å². The van der Waals surface area contributed by atoms with E-state index in [4.69, 9.17) is 19.3 Å². The third-order valence-electron chi connectivity index (χ3n) is 10.3. The van der Waals surface area contributed by atoms with Crippen molar-refractivity contribution in [2.45, 2.75) is 244 Å². The Kier molecular flexibility index (Phi) is 40.9. The summed E-state index contributed by atoms with van der Waals surface area (Å²) in [4.78, 5) is 47.1. The van der Waals surface area contributed by atoms with Crippen LogP contribution in [0.15, 0.2) is 24.3 Å². The van der Waals surface area contributed by atoms with Crippen molar-refractivity contribution in [1.82, 2.24) is 0 Å². The number of ether oxygens (including phenoxy) is 3. The molecule has 0 heterocycles. The minimum atomic E-state index is -0.787. The average Bonchev–Trinajstić information content (AvgIpc) is 3.18. The second kappa shape index (κ2) is 42.9. The molecule has 0 aromatic carbocycles. The Morgan fingerprint density at radius 2 is 0.877 bits per heavy atom. The van der Waals surface area contributed by atoms with Gasteiger partial charge in [-0.2, -0.15) is 0 Å². The van der Waals surface area contributed by atoms with E-state index in [0.717, 1.165) is 148 Å².